The zero-order valence-corrected chi connectivity index (χ0v) is 34.8. The van der Waals surface area contributed by atoms with Crippen LogP contribution in [-0.2, 0) is 38.6 Å². The van der Waals surface area contributed by atoms with Gasteiger partial charge in [-0.1, -0.05) is 12.8 Å². The molecule has 1 fully saturated rings. The number of carboxylic acids is 1. The van der Waals surface area contributed by atoms with E-state index in [2.05, 4.69) is 39.1 Å². The van der Waals surface area contributed by atoms with Crippen LogP contribution in [0.3, 0.4) is 0 Å². The number of aliphatic hydroxyl groups excluding tert-OH is 5. The molecule has 3 aliphatic rings. The van der Waals surface area contributed by atoms with Gasteiger partial charge in [0, 0.05) is 13.0 Å². The van der Waals surface area contributed by atoms with Gasteiger partial charge in [-0.25, -0.2) is 33.9 Å². The van der Waals surface area contributed by atoms with E-state index in [1.165, 1.54) is 21.8 Å². The molecule has 0 amide bonds. The van der Waals surface area contributed by atoms with Crippen molar-refractivity contribution in [3.8, 4) is 11.5 Å². The summed E-state index contributed by atoms with van der Waals surface area (Å²) < 4.78 is 47.2. The number of aromatic amines is 1. The van der Waals surface area contributed by atoms with Gasteiger partial charge in [0.15, 0.2) is 34.7 Å². The number of ether oxygens (including phenoxy) is 1. The highest BCUT2D eigenvalue weighted by atomic mass is 31.3. The molecule has 2 aromatic heterocycles. The summed E-state index contributed by atoms with van der Waals surface area (Å²) in [6.45, 7) is 1.24. The molecule has 0 radical (unpaired) electrons. The van der Waals surface area contributed by atoms with Crippen LogP contribution in [0.15, 0.2) is 34.4 Å². The van der Waals surface area contributed by atoms with Crippen molar-refractivity contribution in [2.24, 2.45) is 0 Å². The summed E-state index contributed by atoms with van der Waals surface area (Å²) in [5.41, 5.74) is 0.471. The minimum atomic E-state index is -5.58. The summed E-state index contributed by atoms with van der Waals surface area (Å²) in [5, 5.41) is 65.6. The maximum atomic E-state index is 12.7. The van der Waals surface area contributed by atoms with Gasteiger partial charge in [-0.15, -0.1) is 0 Å². The maximum absolute atomic E-state index is 12.7. The second-order valence-electron chi connectivity index (χ2n) is 14.5. The number of phosphoric acid groups is 2. The number of carbonyl (C=O) groups is 1. The number of aliphatic hydroxyl groups is 5. The second-order valence-corrected chi connectivity index (χ2v) is 17.5. The monoisotopic (exact) mass is 913 g/mol. The number of H-pyrrole nitrogens is 1. The van der Waals surface area contributed by atoms with E-state index in [4.69, 9.17) is 14.4 Å². The van der Waals surface area contributed by atoms with E-state index >= 15 is 0 Å². The number of imidazole rings is 1. The summed E-state index contributed by atoms with van der Waals surface area (Å²) >= 11 is 0. The topological polar surface area (TPSA) is 386 Å². The predicted molar refractivity (Wildman–Crippen MR) is 212 cm³/mol. The van der Waals surface area contributed by atoms with Crippen molar-refractivity contribution in [2.75, 3.05) is 25.1 Å². The Bertz CT molecular complexity index is 2590. The number of unbranched alkanes of at least 4 members (excludes halogenated alkanes) is 3. The van der Waals surface area contributed by atoms with Crippen LogP contribution in [0.2, 0.25) is 0 Å². The van der Waals surface area contributed by atoms with Crippen molar-refractivity contribution in [3.63, 3.8) is 0 Å². The highest BCUT2D eigenvalue weighted by molar-refractivity contribution is 7.61. The van der Waals surface area contributed by atoms with Crippen molar-refractivity contribution in [1.29, 1.82) is 0 Å². The highest BCUT2D eigenvalue weighted by Crippen LogP contribution is 2.60. The molecule has 3 aliphatic heterocycles. The molecule has 10 N–H and O–H groups in total. The zero-order chi connectivity index (χ0) is 45.1. The first-order valence-electron chi connectivity index (χ1n) is 19.0. The van der Waals surface area contributed by atoms with Gasteiger partial charge in [-0.3, -0.25) is 28.2 Å². The highest BCUT2D eigenvalue weighted by Gasteiger charge is 2.46. The van der Waals surface area contributed by atoms with Gasteiger partial charge in [0.2, 0.25) is 0 Å². The largest absolute Gasteiger partial charge is 0.481 e. The number of hydrogen-bond acceptors (Lipinski definition) is 20. The molecule has 338 valence electrons. The fraction of sp³-hybridized carbons (Fsp3) is 0.529. The van der Waals surface area contributed by atoms with Crippen LogP contribution in [0.5, 0.6) is 0 Å². The number of hydrogen-bond donors (Lipinski definition) is 10. The maximum Gasteiger partial charge on any atom is 0.481 e. The third kappa shape index (κ3) is 10.9. The van der Waals surface area contributed by atoms with Crippen molar-refractivity contribution in [3.05, 3.63) is 56.8 Å². The van der Waals surface area contributed by atoms with Crippen molar-refractivity contribution in [2.45, 2.75) is 95.3 Å². The number of carboxylic acid groups (broad SMARTS) is 1. The Labute approximate surface area is 349 Å². The average molecular weight is 914 g/mol. The molecule has 26 nitrogen and oxygen atoms in total. The van der Waals surface area contributed by atoms with Crippen LogP contribution in [-0.4, -0.2) is 142 Å². The normalized spacial score (nSPS) is 21.5. The molecule has 9 atom stereocenters. The van der Waals surface area contributed by atoms with Gasteiger partial charge in [-0.05, 0) is 49.9 Å². The number of anilines is 1. The number of aryl methyl sites for hydroxylation is 2. The fourth-order valence-electron chi connectivity index (χ4n) is 6.63. The number of rotatable bonds is 21. The summed E-state index contributed by atoms with van der Waals surface area (Å²) in [4.78, 5) is 78.5. The van der Waals surface area contributed by atoms with E-state index in [0.717, 1.165) is 24.0 Å². The van der Waals surface area contributed by atoms with Crippen LogP contribution in [0.25, 0.3) is 33.7 Å². The standard InChI is InChI=1S/C34H45N9O17P2/c1-16-9-18-19(10-17(16)2)42(31-25(39-18)32(51)41-34(52)40-31)11-20(44)26(48)21(45)12-57-61(53,54)60-62(55,56)58-13-22-27(49)28(50)33(59-22)43-15-38-24-29(36-14-37-30(24)43)35-8-6-4-3-5-7-23(46)47/h9-10,14-15,20-22,26-28,33,44-45,48-50H,3-8,11-13H2,1-2H3,(H,46,47)(H,53,54)(H,55,56)(H,35,36,37)(H,41,51,52)/t20-,21+,22+,26-,27+,28+,33+/m0/s1. The van der Waals surface area contributed by atoms with Gasteiger partial charge in [0.1, 0.15) is 43.0 Å². The van der Waals surface area contributed by atoms with Crippen LogP contribution >= 0.6 is 15.6 Å². The molecule has 1 saturated heterocycles. The summed E-state index contributed by atoms with van der Waals surface area (Å²) in [5.74, 6) is -0.746. The molecule has 2 unspecified atom stereocenters. The van der Waals surface area contributed by atoms with Crippen molar-refractivity contribution >= 4 is 49.6 Å². The molecule has 0 bridgehead atoms. The lowest BCUT2D eigenvalue weighted by Crippen LogP contribution is -2.42. The SMILES string of the molecule is Cc1cc2nc3c(=O)[nH]c(=O)nc-3n(C[C@H](O)[C@H](O)[C@H](O)COP(=O)(O)OP(=O)(O)OC[C@H]3O[C@@H](n4cnc5c(NCCCCCCC(=O)O)ncnc54)[C@H](O)[C@@H]3O)c2cc1C. The molecule has 28 heteroatoms. The minimum absolute atomic E-state index is 0.0955. The van der Waals surface area contributed by atoms with Crippen molar-refractivity contribution < 1.29 is 72.4 Å². The predicted octanol–water partition coefficient (Wildman–Crippen LogP) is -0.559. The molecule has 1 aromatic carbocycles. The van der Waals surface area contributed by atoms with E-state index in [0.29, 0.717) is 30.7 Å². The zero-order valence-electron chi connectivity index (χ0n) is 33.0. The van der Waals surface area contributed by atoms with Gasteiger partial charge >= 0.3 is 27.3 Å². The lowest BCUT2D eigenvalue weighted by Gasteiger charge is -2.26. The Morgan fingerprint density at radius 1 is 0.952 bits per heavy atom. The van der Waals surface area contributed by atoms with Crippen molar-refractivity contribution in [1.82, 2.24) is 39.0 Å². The number of phosphoric ester groups is 2. The Hall–Kier alpha value is -4.66. The second kappa shape index (κ2) is 19.4. The van der Waals surface area contributed by atoms with E-state index in [1.54, 1.807) is 26.0 Å². The first-order chi connectivity index (χ1) is 29.2. The van der Waals surface area contributed by atoms with E-state index in [9.17, 15) is 58.8 Å². The van der Waals surface area contributed by atoms with E-state index in [-0.39, 0.29) is 34.6 Å². The molecule has 3 aromatic rings. The van der Waals surface area contributed by atoms with Crippen LogP contribution in [0, 0.1) is 13.8 Å². The molecule has 6 rings (SSSR count). The van der Waals surface area contributed by atoms with Gasteiger partial charge in [0.05, 0.1) is 37.1 Å². The Morgan fingerprint density at radius 3 is 2.40 bits per heavy atom. The molecule has 0 spiro atoms. The molecular weight excluding hydrogens is 868 g/mol. The lowest BCUT2D eigenvalue weighted by atomic mass is 10.1. The number of aliphatic carboxylic acids is 1. The fourth-order valence-corrected chi connectivity index (χ4v) is 8.72. The van der Waals surface area contributed by atoms with E-state index in [1.807, 2.05) is 4.98 Å². The first kappa shape index (κ1) is 46.8. The Balaban J connectivity index is 1.02. The number of fused-ring (bicyclic) bond motifs is 3. The number of benzene rings is 1. The third-order valence-corrected chi connectivity index (χ3v) is 12.6. The van der Waals surface area contributed by atoms with Gasteiger partial charge in [0.25, 0.3) is 5.56 Å². The number of nitrogens with zero attached hydrogens (tertiary/aromatic N) is 7. The average Bonchev–Trinajstić information content (AvgIpc) is 3.75. The van der Waals surface area contributed by atoms with Crippen LogP contribution in [0.1, 0.15) is 49.5 Å². The van der Waals surface area contributed by atoms with Crippen LogP contribution in [0.4, 0.5) is 5.82 Å². The Morgan fingerprint density at radius 2 is 1.66 bits per heavy atom. The molecular formula is C34H45N9O17P2. The molecule has 62 heavy (non-hydrogen) atoms. The van der Waals surface area contributed by atoms with Gasteiger partial charge < -0.3 is 55.0 Å². The summed E-state index contributed by atoms with van der Waals surface area (Å²) in [6, 6.07) is 3.29. The molecule has 0 saturated carbocycles. The summed E-state index contributed by atoms with van der Waals surface area (Å²) in [7, 11) is -11.1. The number of aromatic nitrogens is 8. The van der Waals surface area contributed by atoms with Gasteiger partial charge in [-0.2, -0.15) is 9.29 Å². The molecule has 0 aliphatic carbocycles. The van der Waals surface area contributed by atoms with E-state index < -0.39 is 95.5 Å². The Kier molecular flexibility index (Phi) is 14.6. The molecule has 5 heterocycles. The van der Waals surface area contributed by atoms with Crippen LogP contribution < -0.4 is 16.6 Å². The third-order valence-electron chi connectivity index (χ3n) is 9.98. The number of nitrogens with one attached hydrogen (secondary N) is 2. The first-order valence-corrected chi connectivity index (χ1v) is 22.0. The smallest absolute Gasteiger partial charge is 0.481 e. The quantitative estimate of drug-likeness (QED) is 0.0250. The lowest BCUT2D eigenvalue weighted by molar-refractivity contribution is -0.137. The summed E-state index contributed by atoms with van der Waals surface area (Å²) in [6.07, 6.45) is -7.04. The minimum Gasteiger partial charge on any atom is -0.481 e.